The summed E-state index contributed by atoms with van der Waals surface area (Å²) in [4.78, 5) is 0. The van der Waals surface area contributed by atoms with E-state index in [1.54, 1.807) is 14.2 Å². The molecule has 0 bridgehead atoms. The molecule has 0 unspecified atom stereocenters. The molecule has 0 saturated carbocycles. The van der Waals surface area contributed by atoms with Crippen molar-refractivity contribution in [2.24, 2.45) is 5.73 Å². The number of nitrogens with two attached hydrogens (primary N) is 1. The topological polar surface area (TPSA) is 44.5 Å². The predicted molar refractivity (Wildman–Crippen MR) is 71.5 cm³/mol. The Morgan fingerprint density at radius 1 is 1.29 bits per heavy atom. The first-order valence-electron chi connectivity index (χ1n) is 5.82. The van der Waals surface area contributed by atoms with Crippen molar-refractivity contribution < 1.29 is 9.47 Å². The first-order valence-corrected chi connectivity index (χ1v) is 5.82. The molecule has 3 nitrogen and oxygen atoms in total. The summed E-state index contributed by atoms with van der Waals surface area (Å²) < 4.78 is 10.5. The van der Waals surface area contributed by atoms with Crippen molar-refractivity contribution in [2.45, 2.75) is 19.8 Å². The smallest absolute Gasteiger partial charge is 0.130 e. The molecular formula is C14H21NO2. The van der Waals surface area contributed by atoms with Gasteiger partial charge in [0.05, 0.1) is 14.2 Å². The van der Waals surface area contributed by atoms with Gasteiger partial charge in [0.1, 0.15) is 11.5 Å². The Morgan fingerprint density at radius 3 is 2.65 bits per heavy atom. The molecule has 1 rings (SSSR count). The third-order valence-corrected chi connectivity index (χ3v) is 2.69. The van der Waals surface area contributed by atoms with Gasteiger partial charge < -0.3 is 15.2 Å². The van der Waals surface area contributed by atoms with E-state index in [9.17, 15) is 0 Å². The van der Waals surface area contributed by atoms with Crippen molar-refractivity contribution in [3.8, 4) is 11.5 Å². The van der Waals surface area contributed by atoms with Crippen LogP contribution in [0.2, 0.25) is 0 Å². The molecule has 0 radical (unpaired) electrons. The summed E-state index contributed by atoms with van der Waals surface area (Å²) in [5, 5.41) is 0. The van der Waals surface area contributed by atoms with Gasteiger partial charge in [-0.1, -0.05) is 6.08 Å². The van der Waals surface area contributed by atoms with Crippen LogP contribution in [0.3, 0.4) is 0 Å². The molecule has 0 atom stereocenters. The van der Waals surface area contributed by atoms with Crippen LogP contribution in [0.1, 0.15) is 25.3 Å². The molecule has 17 heavy (non-hydrogen) atoms. The fourth-order valence-corrected chi connectivity index (χ4v) is 1.67. The summed E-state index contributed by atoms with van der Waals surface area (Å²) in [7, 11) is 3.32. The number of hydrogen-bond acceptors (Lipinski definition) is 3. The largest absolute Gasteiger partial charge is 0.497 e. The lowest BCUT2D eigenvalue weighted by atomic mass is 10.0. The summed E-state index contributed by atoms with van der Waals surface area (Å²) in [6, 6.07) is 5.86. The molecule has 1 aromatic rings. The number of unbranched alkanes of at least 4 members (excludes halogenated alkanes) is 1. The van der Waals surface area contributed by atoms with Gasteiger partial charge in [-0.3, -0.25) is 0 Å². The molecule has 0 amide bonds. The van der Waals surface area contributed by atoms with E-state index in [4.69, 9.17) is 15.2 Å². The van der Waals surface area contributed by atoms with E-state index < -0.39 is 0 Å². The van der Waals surface area contributed by atoms with Crippen LogP contribution in [-0.4, -0.2) is 20.8 Å². The molecule has 0 fully saturated rings. The normalized spacial score (nSPS) is 11.4. The van der Waals surface area contributed by atoms with Crippen molar-refractivity contribution in [1.29, 1.82) is 0 Å². The Kier molecular flexibility index (Phi) is 5.57. The second kappa shape index (κ2) is 6.97. The van der Waals surface area contributed by atoms with Crippen molar-refractivity contribution in [1.82, 2.24) is 0 Å². The quantitative estimate of drug-likeness (QED) is 0.771. The number of ether oxygens (including phenoxy) is 2. The van der Waals surface area contributed by atoms with Gasteiger partial charge in [-0.15, -0.1) is 0 Å². The highest BCUT2D eigenvalue weighted by Crippen LogP contribution is 2.30. The average molecular weight is 235 g/mol. The minimum absolute atomic E-state index is 0.726. The molecule has 0 saturated heterocycles. The lowest BCUT2D eigenvalue weighted by molar-refractivity contribution is 0.393. The molecule has 0 aromatic heterocycles. The fraction of sp³-hybridized carbons (Fsp3) is 0.429. The summed E-state index contributed by atoms with van der Waals surface area (Å²) in [6.07, 6.45) is 4.20. The van der Waals surface area contributed by atoms with E-state index in [0.717, 1.165) is 36.4 Å². The molecule has 0 heterocycles. The van der Waals surface area contributed by atoms with Crippen LogP contribution in [0, 0.1) is 0 Å². The van der Waals surface area contributed by atoms with Crippen LogP contribution < -0.4 is 15.2 Å². The van der Waals surface area contributed by atoms with Crippen LogP contribution in [0.5, 0.6) is 11.5 Å². The number of hydrogen-bond donors (Lipinski definition) is 1. The number of rotatable bonds is 6. The Hall–Kier alpha value is -1.48. The van der Waals surface area contributed by atoms with Crippen LogP contribution >= 0.6 is 0 Å². The zero-order valence-corrected chi connectivity index (χ0v) is 10.8. The molecule has 3 heteroatoms. The lowest BCUT2D eigenvalue weighted by Gasteiger charge is -2.10. The maximum Gasteiger partial charge on any atom is 0.130 e. The molecule has 94 valence electrons. The summed E-state index contributed by atoms with van der Waals surface area (Å²) in [5.41, 5.74) is 7.79. The Bertz CT molecular complexity index is 386. The highest BCUT2D eigenvalue weighted by Gasteiger charge is 2.06. The van der Waals surface area contributed by atoms with Gasteiger partial charge in [0, 0.05) is 11.6 Å². The van der Waals surface area contributed by atoms with E-state index in [-0.39, 0.29) is 0 Å². The zero-order valence-electron chi connectivity index (χ0n) is 10.8. The Morgan fingerprint density at radius 2 is 2.06 bits per heavy atom. The van der Waals surface area contributed by atoms with Gasteiger partial charge in [-0.05, 0) is 44.0 Å². The van der Waals surface area contributed by atoms with Crippen molar-refractivity contribution in [2.75, 3.05) is 20.8 Å². The van der Waals surface area contributed by atoms with Crippen molar-refractivity contribution in [3.63, 3.8) is 0 Å². The maximum absolute atomic E-state index is 5.48. The highest BCUT2D eigenvalue weighted by molar-refractivity contribution is 5.69. The van der Waals surface area contributed by atoms with E-state index >= 15 is 0 Å². The number of methoxy groups -OCH3 is 2. The van der Waals surface area contributed by atoms with E-state index in [2.05, 4.69) is 13.0 Å². The predicted octanol–water partition coefficient (Wildman–Crippen LogP) is 2.85. The van der Waals surface area contributed by atoms with Gasteiger partial charge >= 0.3 is 0 Å². The SMILES string of the molecule is COc1ccc(/C(C)=C/CCCN)c(OC)c1. The second-order valence-electron chi connectivity index (χ2n) is 3.88. The third-order valence-electron chi connectivity index (χ3n) is 2.69. The van der Waals surface area contributed by atoms with Crippen LogP contribution in [0.4, 0.5) is 0 Å². The van der Waals surface area contributed by atoms with Crippen LogP contribution in [-0.2, 0) is 0 Å². The first kappa shape index (κ1) is 13.6. The third kappa shape index (κ3) is 3.79. The molecule has 0 aliphatic rings. The maximum atomic E-state index is 5.48. The summed E-state index contributed by atoms with van der Waals surface area (Å²) >= 11 is 0. The first-order chi connectivity index (χ1) is 8.22. The molecule has 0 aliphatic heterocycles. The van der Waals surface area contributed by atoms with Gasteiger partial charge in [0.15, 0.2) is 0 Å². The summed E-state index contributed by atoms with van der Waals surface area (Å²) in [6.45, 7) is 2.81. The van der Waals surface area contributed by atoms with Crippen molar-refractivity contribution in [3.05, 3.63) is 29.8 Å². The van der Waals surface area contributed by atoms with Gasteiger partial charge in [-0.25, -0.2) is 0 Å². The highest BCUT2D eigenvalue weighted by atomic mass is 16.5. The summed E-state index contributed by atoms with van der Waals surface area (Å²) in [5.74, 6) is 1.64. The monoisotopic (exact) mass is 235 g/mol. The Balaban J connectivity index is 2.92. The molecule has 0 spiro atoms. The van der Waals surface area contributed by atoms with Crippen molar-refractivity contribution >= 4 is 5.57 Å². The minimum atomic E-state index is 0.726. The van der Waals surface area contributed by atoms with Gasteiger partial charge in [0.2, 0.25) is 0 Å². The number of allylic oxidation sites excluding steroid dienone is 2. The lowest BCUT2D eigenvalue weighted by Crippen LogP contribution is -1.97. The second-order valence-corrected chi connectivity index (χ2v) is 3.88. The average Bonchev–Trinajstić information content (AvgIpc) is 2.38. The van der Waals surface area contributed by atoms with Gasteiger partial charge in [0.25, 0.3) is 0 Å². The zero-order chi connectivity index (χ0) is 12.7. The standard InChI is InChI=1S/C14H21NO2/c1-11(6-4-5-9-15)13-8-7-12(16-2)10-14(13)17-3/h6-8,10H,4-5,9,15H2,1-3H3/b11-6+. The van der Waals surface area contributed by atoms with E-state index in [0.29, 0.717) is 0 Å². The van der Waals surface area contributed by atoms with Crippen LogP contribution in [0.15, 0.2) is 24.3 Å². The molecule has 2 N–H and O–H groups in total. The number of benzene rings is 1. The fourth-order valence-electron chi connectivity index (χ4n) is 1.67. The molecule has 0 aliphatic carbocycles. The van der Waals surface area contributed by atoms with Gasteiger partial charge in [-0.2, -0.15) is 0 Å². The van der Waals surface area contributed by atoms with Crippen LogP contribution in [0.25, 0.3) is 5.57 Å². The molecule has 1 aromatic carbocycles. The van der Waals surface area contributed by atoms with E-state index in [1.807, 2.05) is 18.2 Å². The van der Waals surface area contributed by atoms with E-state index in [1.165, 1.54) is 5.57 Å². The molecular weight excluding hydrogens is 214 g/mol. The minimum Gasteiger partial charge on any atom is -0.497 e. The Labute approximate surface area is 103 Å².